The van der Waals surface area contributed by atoms with E-state index in [9.17, 15) is 4.79 Å². The number of carbonyl (C=O) groups is 1. The topological polar surface area (TPSA) is 78.6 Å². The van der Waals surface area contributed by atoms with Crippen LogP contribution in [0, 0.1) is 0 Å². The predicted molar refractivity (Wildman–Crippen MR) is 97.5 cm³/mol. The lowest BCUT2D eigenvalue weighted by atomic mass is 9.82. The molecule has 0 aliphatic heterocycles. The summed E-state index contributed by atoms with van der Waals surface area (Å²) in [4.78, 5) is 21.7. The summed E-state index contributed by atoms with van der Waals surface area (Å²) in [6.45, 7) is 0. The minimum Gasteiger partial charge on any atom is -0.497 e. The molecule has 1 aliphatic rings. The van der Waals surface area contributed by atoms with Gasteiger partial charge in [0.1, 0.15) is 11.5 Å². The van der Waals surface area contributed by atoms with Crippen LogP contribution in [-0.4, -0.2) is 45.8 Å². The van der Waals surface area contributed by atoms with E-state index in [1.165, 1.54) is 11.8 Å². The first-order valence-corrected chi connectivity index (χ1v) is 9.40. The third-order valence-electron chi connectivity index (χ3n) is 4.63. The molecule has 1 aliphatic carbocycles. The van der Waals surface area contributed by atoms with Crippen molar-refractivity contribution in [2.45, 2.75) is 23.9 Å². The first-order chi connectivity index (χ1) is 12.6. The van der Waals surface area contributed by atoms with Gasteiger partial charge in [-0.1, -0.05) is 17.8 Å². The highest BCUT2D eigenvalue weighted by Gasteiger charge is 2.30. The van der Waals surface area contributed by atoms with E-state index in [0.717, 1.165) is 22.8 Å². The average molecular weight is 370 g/mol. The quantitative estimate of drug-likeness (QED) is 0.653. The lowest BCUT2D eigenvalue weighted by Crippen LogP contribution is -2.21. The zero-order chi connectivity index (χ0) is 18.3. The number of ether oxygens (including phenoxy) is 2. The van der Waals surface area contributed by atoms with Crippen molar-refractivity contribution >= 4 is 23.3 Å². The number of Topliss-reactive ketones (excluding diaryl/α,β-unsaturated/α-hetero) is 1. The molecule has 0 saturated carbocycles. The molecule has 134 valence electrons. The van der Waals surface area contributed by atoms with Gasteiger partial charge in [-0.15, -0.1) is 5.10 Å². The normalized spacial score (nSPS) is 16.6. The van der Waals surface area contributed by atoms with Gasteiger partial charge in [0.15, 0.2) is 5.78 Å². The van der Waals surface area contributed by atoms with Gasteiger partial charge in [0.2, 0.25) is 5.16 Å². The summed E-state index contributed by atoms with van der Waals surface area (Å²) in [5, 5.41) is 4.96. The molecule has 0 N–H and O–H groups in total. The van der Waals surface area contributed by atoms with Gasteiger partial charge in [-0.3, -0.25) is 4.79 Å². The molecule has 8 heteroatoms. The Bertz CT molecular complexity index is 1000. The highest BCUT2D eigenvalue weighted by molar-refractivity contribution is 7.98. The van der Waals surface area contributed by atoms with E-state index in [4.69, 9.17) is 9.47 Å². The van der Waals surface area contributed by atoms with Crippen LogP contribution < -0.4 is 9.47 Å². The number of nitrogens with zero attached hydrogens (tertiary/aromatic N) is 4. The van der Waals surface area contributed by atoms with Crippen LogP contribution in [0.4, 0.5) is 0 Å². The van der Waals surface area contributed by atoms with E-state index in [0.29, 0.717) is 29.3 Å². The Kier molecular flexibility index (Phi) is 4.28. The van der Waals surface area contributed by atoms with Crippen LogP contribution in [-0.2, 0) is 6.42 Å². The van der Waals surface area contributed by atoms with Crippen molar-refractivity contribution in [3.8, 4) is 11.5 Å². The van der Waals surface area contributed by atoms with E-state index in [1.54, 1.807) is 24.9 Å². The third kappa shape index (κ3) is 2.80. The Hall–Kier alpha value is -2.61. The molecule has 0 radical (unpaired) electrons. The molecular formula is C18H18N4O3S. The van der Waals surface area contributed by atoms with E-state index in [1.807, 2.05) is 24.5 Å². The minimum absolute atomic E-state index is 0.00810. The number of hydrogen-bond donors (Lipinski definition) is 0. The summed E-state index contributed by atoms with van der Waals surface area (Å²) in [5.74, 6) is 2.03. The number of methoxy groups -OCH3 is 2. The highest BCUT2D eigenvalue weighted by atomic mass is 32.2. The molecule has 0 amide bonds. The fourth-order valence-electron chi connectivity index (χ4n) is 3.33. The van der Waals surface area contributed by atoms with Crippen molar-refractivity contribution in [2.75, 3.05) is 20.5 Å². The van der Waals surface area contributed by atoms with Crippen LogP contribution in [0.15, 0.2) is 29.6 Å². The van der Waals surface area contributed by atoms with Crippen molar-refractivity contribution in [1.29, 1.82) is 0 Å². The van der Waals surface area contributed by atoms with Gasteiger partial charge in [0, 0.05) is 24.6 Å². The summed E-state index contributed by atoms with van der Waals surface area (Å²) >= 11 is 1.45. The second-order valence-electron chi connectivity index (χ2n) is 6.08. The molecule has 26 heavy (non-hydrogen) atoms. The van der Waals surface area contributed by atoms with Gasteiger partial charge < -0.3 is 9.47 Å². The van der Waals surface area contributed by atoms with Crippen LogP contribution in [0.25, 0.3) is 5.78 Å². The number of fused-ring (bicyclic) bond motifs is 2. The maximum absolute atomic E-state index is 12.7. The molecule has 0 bridgehead atoms. The van der Waals surface area contributed by atoms with Crippen LogP contribution in [0.5, 0.6) is 11.5 Å². The van der Waals surface area contributed by atoms with Gasteiger partial charge >= 0.3 is 0 Å². The zero-order valence-electron chi connectivity index (χ0n) is 14.7. The SMILES string of the molecule is COc1ccc([C@@H]2CC(=O)c3cn4nc(SC)nc4nc3C2)c(OC)c1. The Labute approximate surface area is 154 Å². The van der Waals surface area contributed by atoms with Gasteiger partial charge in [-0.05, 0) is 24.3 Å². The molecular weight excluding hydrogens is 352 g/mol. The molecule has 0 spiro atoms. The molecule has 2 aromatic heterocycles. The third-order valence-corrected chi connectivity index (χ3v) is 5.16. The lowest BCUT2D eigenvalue weighted by Gasteiger charge is -2.24. The van der Waals surface area contributed by atoms with E-state index >= 15 is 0 Å². The maximum Gasteiger partial charge on any atom is 0.253 e. The van der Waals surface area contributed by atoms with Gasteiger partial charge in [0.05, 0.1) is 25.5 Å². The van der Waals surface area contributed by atoms with E-state index in [-0.39, 0.29) is 11.7 Å². The van der Waals surface area contributed by atoms with Crippen LogP contribution in [0.3, 0.4) is 0 Å². The number of rotatable bonds is 4. The largest absolute Gasteiger partial charge is 0.497 e. The van der Waals surface area contributed by atoms with Crippen molar-refractivity contribution in [2.24, 2.45) is 0 Å². The highest BCUT2D eigenvalue weighted by Crippen LogP contribution is 2.38. The van der Waals surface area contributed by atoms with E-state index < -0.39 is 0 Å². The number of aromatic nitrogens is 4. The summed E-state index contributed by atoms with van der Waals surface area (Å²) < 4.78 is 12.3. The smallest absolute Gasteiger partial charge is 0.253 e. The number of thioether (sulfide) groups is 1. The van der Waals surface area contributed by atoms with Crippen molar-refractivity contribution in [1.82, 2.24) is 19.6 Å². The molecule has 7 nitrogen and oxygen atoms in total. The number of benzene rings is 1. The minimum atomic E-state index is 0.00810. The summed E-state index contributed by atoms with van der Waals surface area (Å²) in [5.41, 5.74) is 2.37. The molecule has 0 saturated heterocycles. The fourth-order valence-corrected chi connectivity index (χ4v) is 3.67. The first kappa shape index (κ1) is 16.8. The molecule has 0 unspecified atom stereocenters. The summed E-state index contributed by atoms with van der Waals surface area (Å²) in [6.07, 6.45) is 4.72. The Morgan fingerprint density at radius 3 is 2.77 bits per heavy atom. The molecule has 1 aromatic carbocycles. The fraction of sp³-hybridized carbons (Fsp3) is 0.333. The van der Waals surface area contributed by atoms with Gasteiger partial charge in [-0.25, -0.2) is 9.50 Å². The summed E-state index contributed by atoms with van der Waals surface area (Å²) in [6, 6.07) is 5.69. The lowest BCUT2D eigenvalue weighted by molar-refractivity contribution is 0.0962. The Balaban J connectivity index is 1.74. The van der Waals surface area contributed by atoms with Gasteiger partial charge in [-0.2, -0.15) is 4.98 Å². The van der Waals surface area contributed by atoms with Crippen molar-refractivity contribution in [3.63, 3.8) is 0 Å². The predicted octanol–water partition coefficient (Wildman–Crippen LogP) is 2.78. The standard InChI is InChI=1S/C18H18N4O3S/c1-24-11-4-5-12(16(8-11)25-2)10-6-14-13(15(23)7-10)9-22-17(19-14)20-18(21-22)26-3/h4-5,8-10H,6-7H2,1-3H3/t10-/m0/s1. The second kappa shape index (κ2) is 6.60. The zero-order valence-corrected chi connectivity index (χ0v) is 15.5. The Morgan fingerprint density at radius 1 is 1.19 bits per heavy atom. The van der Waals surface area contributed by atoms with Crippen LogP contribution in [0.2, 0.25) is 0 Å². The molecule has 2 heterocycles. The average Bonchev–Trinajstić information content (AvgIpc) is 3.08. The first-order valence-electron chi connectivity index (χ1n) is 8.18. The molecule has 1 atom stereocenters. The maximum atomic E-state index is 12.7. The second-order valence-corrected chi connectivity index (χ2v) is 6.85. The number of hydrogen-bond acceptors (Lipinski definition) is 7. The monoisotopic (exact) mass is 370 g/mol. The number of ketones is 1. The van der Waals surface area contributed by atoms with E-state index in [2.05, 4.69) is 15.1 Å². The Morgan fingerprint density at radius 2 is 2.04 bits per heavy atom. The molecule has 0 fully saturated rings. The van der Waals surface area contributed by atoms with Crippen molar-refractivity contribution < 1.29 is 14.3 Å². The van der Waals surface area contributed by atoms with Crippen molar-refractivity contribution in [3.05, 3.63) is 41.2 Å². The summed E-state index contributed by atoms with van der Waals surface area (Å²) in [7, 11) is 3.24. The van der Waals surface area contributed by atoms with Gasteiger partial charge in [0.25, 0.3) is 5.78 Å². The molecule has 4 rings (SSSR count). The van der Waals surface area contributed by atoms with Crippen LogP contribution in [0.1, 0.15) is 34.0 Å². The van der Waals surface area contributed by atoms with Crippen LogP contribution >= 0.6 is 11.8 Å². The molecule has 3 aromatic rings. The number of carbonyl (C=O) groups excluding carboxylic acids is 1.